The van der Waals surface area contributed by atoms with Crippen LogP contribution in [0.25, 0.3) is 10.8 Å². The normalized spacial score (nSPS) is 15.7. The first kappa shape index (κ1) is 21.1. The van der Waals surface area contributed by atoms with Crippen LogP contribution in [0.15, 0.2) is 66.7 Å². The first-order valence-electron chi connectivity index (χ1n) is 11.0. The molecule has 4 rings (SSSR count). The van der Waals surface area contributed by atoms with Crippen LogP contribution in [0, 0.1) is 5.92 Å². The summed E-state index contributed by atoms with van der Waals surface area (Å²) < 4.78 is 0. The summed E-state index contributed by atoms with van der Waals surface area (Å²) in [4.78, 5) is 30.2. The Kier molecular flexibility index (Phi) is 6.08. The summed E-state index contributed by atoms with van der Waals surface area (Å²) in [5, 5.41) is 2.33. The van der Waals surface area contributed by atoms with Crippen LogP contribution < -0.4 is 0 Å². The number of hydrogen-bond donors (Lipinski definition) is 0. The number of carbonyl (C=O) groups is 2. The van der Waals surface area contributed by atoms with E-state index in [1.165, 1.54) is 5.39 Å². The predicted octanol–water partition coefficient (Wildman–Crippen LogP) is 4.80. The van der Waals surface area contributed by atoms with Gasteiger partial charge in [0.2, 0.25) is 11.8 Å². The van der Waals surface area contributed by atoms with Crippen LogP contribution in [0.5, 0.6) is 0 Å². The number of hydrogen-bond acceptors (Lipinski definition) is 2. The van der Waals surface area contributed by atoms with E-state index in [0.29, 0.717) is 25.9 Å². The van der Waals surface area contributed by atoms with E-state index in [1.807, 2.05) is 51.2 Å². The summed E-state index contributed by atoms with van der Waals surface area (Å²) in [6.07, 6.45) is 1.03. The van der Waals surface area contributed by atoms with Crippen molar-refractivity contribution in [3.05, 3.63) is 83.4 Å². The van der Waals surface area contributed by atoms with Gasteiger partial charge >= 0.3 is 0 Å². The number of carbonyl (C=O) groups excluding carboxylic acids is 2. The average Bonchev–Trinajstić information content (AvgIpc) is 2.77. The van der Waals surface area contributed by atoms with Gasteiger partial charge in [0.25, 0.3) is 0 Å². The molecule has 1 aliphatic rings. The molecular weight excluding hydrogens is 384 g/mol. The van der Waals surface area contributed by atoms with Crippen molar-refractivity contribution in [2.45, 2.75) is 45.8 Å². The van der Waals surface area contributed by atoms with E-state index < -0.39 is 6.04 Å². The van der Waals surface area contributed by atoms with Crippen LogP contribution in [0.3, 0.4) is 0 Å². The van der Waals surface area contributed by atoms with E-state index in [9.17, 15) is 9.59 Å². The highest BCUT2D eigenvalue weighted by molar-refractivity contribution is 5.89. The monoisotopic (exact) mass is 414 g/mol. The third kappa shape index (κ3) is 4.48. The van der Waals surface area contributed by atoms with Crippen molar-refractivity contribution in [3.8, 4) is 0 Å². The van der Waals surface area contributed by atoms with Crippen molar-refractivity contribution in [1.29, 1.82) is 0 Å². The molecule has 0 radical (unpaired) electrons. The van der Waals surface area contributed by atoms with Crippen LogP contribution in [-0.2, 0) is 29.1 Å². The molecular formula is C27H30N2O2. The van der Waals surface area contributed by atoms with Crippen molar-refractivity contribution in [2.24, 2.45) is 5.92 Å². The minimum Gasteiger partial charge on any atom is -0.340 e. The molecule has 0 fully saturated rings. The van der Waals surface area contributed by atoms with Crippen LogP contribution in [-0.4, -0.2) is 34.7 Å². The number of likely N-dealkylation sites (N-methyl/N-ethyl adjacent to an activating group) is 1. The fourth-order valence-electron chi connectivity index (χ4n) is 4.49. The van der Waals surface area contributed by atoms with E-state index >= 15 is 0 Å². The van der Waals surface area contributed by atoms with Crippen molar-refractivity contribution in [3.63, 3.8) is 0 Å². The van der Waals surface area contributed by atoms with Gasteiger partial charge in [0.1, 0.15) is 6.04 Å². The molecule has 1 heterocycles. The summed E-state index contributed by atoms with van der Waals surface area (Å²) in [5.74, 6) is 0.315. The summed E-state index contributed by atoms with van der Waals surface area (Å²) in [5.41, 5.74) is 3.42. The second-order valence-corrected chi connectivity index (χ2v) is 8.94. The van der Waals surface area contributed by atoms with Crippen LogP contribution >= 0.6 is 0 Å². The lowest BCUT2D eigenvalue weighted by Gasteiger charge is -2.38. The largest absolute Gasteiger partial charge is 0.340 e. The molecule has 0 saturated carbocycles. The Bertz CT molecular complexity index is 1100. The molecule has 0 N–H and O–H groups in total. The molecule has 1 unspecified atom stereocenters. The SMILES string of the molecule is CC(C)CC(=O)N1Cc2ccccc2CC1C(=O)N(C)Cc1cccc2ccccc12. The standard InChI is InChI=1S/C27H30N2O2/c1-19(2)15-26(30)29-18-22-11-5-4-10-21(22)16-25(29)27(31)28(3)17-23-13-8-12-20-9-6-7-14-24(20)23/h4-14,19,25H,15-18H2,1-3H3. The van der Waals surface area contributed by atoms with Gasteiger partial charge in [-0.05, 0) is 33.4 Å². The zero-order valence-electron chi connectivity index (χ0n) is 18.5. The van der Waals surface area contributed by atoms with Gasteiger partial charge in [-0.2, -0.15) is 0 Å². The van der Waals surface area contributed by atoms with E-state index in [2.05, 4.69) is 36.4 Å². The molecule has 0 bridgehead atoms. The van der Waals surface area contributed by atoms with Gasteiger partial charge in [-0.15, -0.1) is 0 Å². The van der Waals surface area contributed by atoms with Crippen molar-refractivity contribution in [1.82, 2.24) is 9.80 Å². The third-order valence-electron chi connectivity index (χ3n) is 6.10. The van der Waals surface area contributed by atoms with E-state index in [1.54, 1.807) is 9.80 Å². The zero-order valence-corrected chi connectivity index (χ0v) is 18.5. The van der Waals surface area contributed by atoms with Crippen LogP contribution in [0.1, 0.15) is 37.0 Å². The lowest BCUT2D eigenvalue weighted by atomic mass is 9.92. The second-order valence-electron chi connectivity index (χ2n) is 8.94. The highest BCUT2D eigenvalue weighted by Crippen LogP contribution is 2.27. The maximum atomic E-state index is 13.6. The molecule has 4 heteroatoms. The number of amides is 2. The average molecular weight is 415 g/mol. The predicted molar refractivity (Wildman–Crippen MR) is 124 cm³/mol. The lowest BCUT2D eigenvalue weighted by Crippen LogP contribution is -2.52. The highest BCUT2D eigenvalue weighted by atomic mass is 16.2. The summed E-state index contributed by atoms with van der Waals surface area (Å²) >= 11 is 0. The van der Waals surface area contributed by atoms with E-state index in [0.717, 1.165) is 22.1 Å². The molecule has 0 saturated heterocycles. The molecule has 0 aliphatic carbocycles. The van der Waals surface area contributed by atoms with Gasteiger partial charge in [0.05, 0.1) is 0 Å². The number of fused-ring (bicyclic) bond motifs is 2. The minimum atomic E-state index is -0.457. The highest BCUT2D eigenvalue weighted by Gasteiger charge is 2.36. The van der Waals surface area contributed by atoms with Gasteiger partial charge < -0.3 is 9.80 Å². The molecule has 4 nitrogen and oxygen atoms in total. The fraction of sp³-hybridized carbons (Fsp3) is 0.333. The Morgan fingerprint density at radius 3 is 2.42 bits per heavy atom. The Morgan fingerprint density at radius 1 is 0.968 bits per heavy atom. The molecule has 3 aromatic carbocycles. The zero-order chi connectivity index (χ0) is 22.0. The Balaban J connectivity index is 1.60. The first-order valence-corrected chi connectivity index (χ1v) is 11.0. The third-order valence-corrected chi connectivity index (χ3v) is 6.10. The molecule has 3 aromatic rings. The van der Waals surface area contributed by atoms with Gasteiger partial charge in [-0.3, -0.25) is 9.59 Å². The molecule has 1 atom stereocenters. The van der Waals surface area contributed by atoms with Crippen molar-refractivity contribution >= 4 is 22.6 Å². The molecule has 160 valence electrons. The van der Waals surface area contributed by atoms with Gasteiger partial charge in [-0.1, -0.05) is 80.6 Å². The molecule has 31 heavy (non-hydrogen) atoms. The van der Waals surface area contributed by atoms with Crippen LogP contribution in [0.4, 0.5) is 0 Å². The number of nitrogens with zero attached hydrogens (tertiary/aromatic N) is 2. The van der Waals surface area contributed by atoms with E-state index in [4.69, 9.17) is 0 Å². The second kappa shape index (κ2) is 8.93. The molecule has 1 aliphatic heterocycles. The topological polar surface area (TPSA) is 40.6 Å². The van der Waals surface area contributed by atoms with Gasteiger partial charge in [0, 0.05) is 33.0 Å². The van der Waals surface area contributed by atoms with Crippen molar-refractivity contribution < 1.29 is 9.59 Å². The van der Waals surface area contributed by atoms with Gasteiger partial charge in [0.15, 0.2) is 0 Å². The smallest absolute Gasteiger partial charge is 0.245 e. The fourth-order valence-corrected chi connectivity index (χ4v) is 4.49. The van der Waals surface area contributed by atoms with Crippen molar-refractivity contribution in [2.75, 3.05) is 7.05 Å². The maximum Gasteiger partial charge on any atom is 0.245 e. The van der Waals surface area contributed by atoms with Crippen LogP contribution in [0.2, 0.25) is 0 Å². The Hall–Kier alpha value is -3.14. The Labute approximate surface area is 184 Å². The van der Waals surface area contributed by atoms with Gasteiger partial charge in [-0.25, -0.2) is 0 Å². The minimum absolute atomic E-state index is 0.000423. The summed E-state index contributed by atoms with van der Waals surface area (Å²) in [6, 6.07) is 22.1. The quantitative estimate of drug-likeness (QED) is 0.602. The summed E-state index contributed by atoms with van der Waals surface area (Å²) in [7, 11) is 1.84. The number of benzene rings is 3. The number of rotatable bonds is 5. The first-order chi connectivity index (χ1) is 14.9. The van der Waals surface area contributed by atoms with E-state index in [-0.39, 0.29) is 17.7 Å². The molecule has 0 aromatic heterocycles. The molecule has 2 amide bonds. The maximum absolute atomic E-state index is 13.6. The Morgan fingerprint density at radius 2 is 1.65 bits per heavy atom. The molecule has 0 spiro atoms. The lowest BCUT2D eigenvalue weighted by molar-refractivity contribution is -0.147. The summed E-state index contributed by atoms with van der Waals surface area (Å²) in [6.45, 7) is 5.10.